The Morgan fingerprint density at radius 1 is 1.00 bits per heavy atom. The van der Waals surface area contributed by atoms with Crippen molar-refractivity contribution in [1.29, 1.82) is 0 Å². The Bertz CT molecular complexity index is 916. The van der Waals surface area contributed by atoms with Crippen LogP contribution in [-0.4, -0.2) is 53.6 Å². The molecule has 1 atom stereocenters. The molecule has 1 aliphatic heterocycles. The molecule has 0 amide bonds. The Hall–Kier alpha value is -2.45. The number of aliphatic hydroxyl groups excluding tert-OH is 2. The van der Waals surface area contributed by atoms with E-state index in [4.69, 9.17) is 21.1 Å². The highest BCUT2D eigenvalue weighted by Gasteiger charge is 2.23. The van der Waals surface area contributed by atoms with Gasteiger partial charge in [0, 0.05) is 24.1 Å². The zero-order valence-electron chi connectivity index (χ0n) is 19.5. The van der Waals surface area contributed by atoms with Gasteiger partial charge in [0.05, 0.1) is 24.8 Å². The molecular weight excluding hydrogens is 442 g/mol. The highest BCUT2D eigenvalue weighted by molar-refractivity contribution is 6.18. The summed E-state index contributed by atoms with van der Waals surface area (Å²) in [5.41, 5.74) is 9.99. The van der Waals surface area contributed by atoms with Crippen molar-refractivity contribution in [2.45, 2.75) is 38.7 Å². The van der Waals surface area contributed by atoms with Gasteiger partial charge in [-0.3, -0.25) is 5.01 Å². The first kappa shape index (κ1) is 25.2. The number of alkyl halides is 1. The van der Waals surface area contributed by atoms with Gasteiger partial charge in [-0.2, -0.15) is 0 Å². The maximum absolute atomic E-state index is 9.54. The van der Waals surface area contributed by atoms with Gasteiger partial charge in [0.25, 0.3) is 0 Å². The minimum absolute atomic E-state index is 0.00313. The summed E-state index contributed by atoms with van der Waals surface area (Å²) in [6.45, 7) is 7.78. The molecule has 1 aliphatic rings. The van der Waals surface area contributed by atoms with Crippen LogP contribution in [0.5, 0.6) is 11.5 Å². The molecule has 1 unspecified atom stereocenters. The highest BCUT2D eigenvalue weighted by Crippen LogP contribution is 2.33. The van der Waals surface area contributed by atoms with E-state index in [9.17, 15) is 10.2 Å². The Labute approximate surface area is 200 Å². The van der Waals surface area contributed by atoms with Gasteiger partial charge < -0.3 is 25.1 Å². The fourth-order valence-corrected chi connectivity index (χ4v) is 3.73. The van der Waals surface area contributed by atoms with Crippen molar-refractivity contribution < 1.29 is 19.7 Å². The van der Waals surface area contributed by atoms with Crippen LogP contribution in [0.1, 0.15) is 38.3 Å². The van der Waals surface area contributed by atoms with Crippen molar-refractivity contribution in [1.82, 2.24) is 16.0 Å². The molecule has 1 heterocycles. The van der Waals surface area contributed by atoms with Crippen molar-refractivity contribution >= 4 is 11.6 Å². The van der Waals surface area contributed by atoms with Crippen molar-refractivity contribution in [2.24, 2.45) is 0 Å². The van der Waals surface area contributed by atoms with Crippen molar-refractivity contribution in [3.8, 4) is 11.5 Å². The van der Waals surface area contributed by atoms with Crippen LogP contribution in [0.4, 0.5) is 0 Å². The maximum Gasteiger partial charge on any atom is 0.119 e. The van der Waals surface area contributed by atoms with E-state index in [0.717, 1.165) is 35.7 Å². The smallest absolute Gasteiger partial charge is 0.119 e. The molecule has 0 saturated carbocycles. The molecule has 0 saturated heterocycles. The molecule has 2 aromatic rings. The number of hydrazine groups is 2. The zero-order valence-corrected chi connectivity index (χ0v) is 20.2. The Balaban J connectivity index is 1.51. The Kier molecular flexibility index (Phi) is 8.86. The number of hydrogen-bond acceptors (Lipinski definition) is 7. The van der Waals surface area contributed by atoms with E-state index < -0.39 is 6.10 Å². The molecule has 2 aromatic carbocycles. The predicted octanol–water partition coefficient (Wildman–Crippen LogP) is 3.31. The van der Waals surface area contributed by atoms with Gasteiger partial charge in [-0.05, 0) is 42.3 Å². The molecule has 0 fully saturated rings. The van der Waals surface area contributed by atoms with Gasteiger partial charge in [0.15, 0.2) is 0 Å². The first-order chi connectivity index (χ1) is 15.8. The number of halogens is 1. The molecule has 0 aliphatic carbocycles. The summed E-state index contributed by atoms with van der Waals surface area (Å²) in [7, 11) is 0. The van der Waals surface area contributed by atoms with Crippen molar-refractivity contribution in [3.05, 3.63) is 71.1 Å². The van der Waals surface area contributed by atoms with Gasteiger partial charge in [-0.15, -0.1) is 17.1 Å². The molecule has 4 N–H and O–H groups in total. The molecule has 3 rings (SSSR count). The number of rotatable bonds is 12. The minimum Gasteiger partial charge on any atom is -0.494 e. The Morgan fingerprint density at radius 2 is 1.58 bits per heavy atom. The molecule has 0 aromatic heterocycles. The average molecular weight is 476 g/mol. The van der Waals surface area contributed by atoms with Crippen LogP contribution >= 0.6 is 11.6 Å². The SMILES string of the molecule is CC1=C(CO)N(CCCOc2ccc(C(C)(C)c3ccc(OCC(O)CCl)cc3)cc2)NN1. The summed E-state index contributed by atoms with van der Waals surface area (Å²) in [5, 5.41) is 20.9. The number of benzene rings is 2. The normalized spacial score (nSPS) is 14.9. The molecular formula is C25H34ClN3O4. The third-order valence-corrected chi connectivity index (χ3v) is 6.21. The van der Waals surface area contributed by atoms with Crippen LogP contribution in [0.3, 0.4) is 0 Å². The van der Waals surface area contributed by atoms with Crippen LogP contribution in [0, 0.1) is 0 Å². The van der Waals surface area contributed by atoms with Crippen LogP contribution in [0.15, 0.2) is 59.9 Å². The molecule has 33 heavy (non-hydrogen) atoms. The number of ether oxygens (including phenoxy) is 2. The van der Waals surface area contributed by atoms with E-state index >= 15 is 0 Å². The van der Waals surface area contributed by atoms with Crippen LogP contribution in [0.25, 0.3) is 0 Å². The third-order valence-electron chi connectivity index (χ3n) is 5.85. The van der Waals surface area contributed by atoms with Crippen LogP contribution < -0.4 is 20.4 Å². The number of hydrogen-bond donors (Lipinski definition) is 4. The summed E-state index contributed by atoms with van der Waals surface area (Å²) in [4.78, 5) is 0. The second-order valence-corrected chi connectivity index (χ2v) is 8.92. The van der Waals surface area contributed by atoms with Crippen LogP contribution in [-0.2, 0) is 5.41 Å². The van der Waals surface area contributed by atoms with E-state index in [1.54, 1.807) is 0 Å². The summed E-state index contributed by atoms with van der Waals surface area (Å²) in [6.07, 6.45) is 0.145. The average Bonchev–Trinajstić information content (AvgIpc) is 3.19. The van der Waals surface area contributed by atoms with Gasteiger partial charge >= 0.3 is 0 Å². The third kappa shape index (κ3) is 6.54. The fourth-order valence-electron chi connectivity index (χ4n) is 3.64. The fraction of sp³-hybridized carbons (Fsp3) is 0.440. The van der Waals surface area contributed by atoms with Gasteiger partial charge in [0.1, 0.15) is 24.2 Å². The van der Waals surface area contributed by atoms with Crippen LogP contribution in [0.2, 0.25) is 0 Å². The van der Waals surface area contributed by atoms with Crippen molar-refractivity contribution in [3.63, 3.8) is 0 Å². The van der Waals surface area contributed by atoms with E-state index in [1.807, 2.05) is 48.3 Å². The summed E-state index contributed by atoms with van der Waals surface area (Å²) < 4.78 is 11.5. The zero-order chi connectivity index (χ0) is 23.8. The largest absolute Gasteiger partial charge is 0.494 e. The lowest BCUT2D eigenvalue weighted by atomic mass is 9.78. The van der Waals surface area contributed by atoms with E-state index in [0.29, 0.717) is 12.4 Å². The molecule has 0 bridgehead atoms. The number of nitrogens with zero attached hydrogens (tertiary/aromatic N) is 1. The van der Waals surface area contributed by atoms with Crippen molar-refractivity contribution in [2.75, 3.05) is 32.2 Å². The number of allylic oxidation sites excluding steroid dienone is 1. The second kappa shape index (κ2) is 11.6. The molecule has 180 valence electrons. The molecule has 0 spiro atoms. The quantitative estimate of drug-likeness (QED) is 0.277. The summed E-state index contributed by atoms with van der Waals surface area (Å²) >= 11 is 5.60. The van der Waals surface area contributed by atoms with E-state index in [-0.39, 0.29) is 24.5 Å². The number of aliphatic hydroxyl groups is 2. The lowest BCUT2D eigenvalue weighted by Gasteiger charge is -2.26. The standard InChI is InChI=1S/C25H34ClN3O4/c1-18-24(16-30)29(28-27-18)13-4-14-32-22-9-5-19(6-10-22)25(2,3)20-7-11-23(12-8-20)33-17-21(31)15-26/h5-12,21,27-28,30-31H,4,13-17H2,1-3H3. The van der Waals surface area contributed by atoms with E-state index in [1.165, 1.54) is 5.56 Å². The van der Waals surface area contributed by atoms with Gasteiger partial charge in [-0.1, -0.05) is 38.1 Å². The maximum atomic E-state index is 9.54. The first-order valence-corrected chi connectivity index (χ1v) is 11.7. The summed E-state index contributed by atoms with van der Waals surface area (Å²) in [6, 6.07) is 16.1. The second-order valence-electron chi connectivity index (χ2n) is 8.61. The topological polar surface area (TPSA) is 86.2 Å². The monoisotopic (exact) mass is 475 g/mol. The van der Waals surface area contributed by atoms with E-state index in [2.05, 4.69) is 36.9 Å². The van der Waals surface area contributed by atoms with Gasteiger partial charge in [0.2, 0.25) is 0 Å². The molecule has 8 heteroatoms. The highest BCUT2D eigenvalue weighted by atomic mass is 35.5. The number of nitrogens with one attached hydrogen (secondary N) is 2. The lowest BCUT2D eigenvalue weighted by Crippen LogP contribution is -2.39. The first-order valence-electron chi connectivity index (χ1n) is 11.2. The minimum atomic E-state index is -0.670. The lowest BCUT2D eigenvalue weighted by molar-refractivity contribution is 0.125. The van der Waals surface area contributed by atoms with Gasteiger partial charge in [-0.25, -0.2) is 0 Å². The Morgan fingerprint density at radius 3 is 2.12 bits per heavy atom. The molecule has 0 radical (unpaired) electrons. The summed E-state index contributed by atoms with van der Waals surface area (Å²) in [5.74, 6) is 1.69. The predicted molar refractivity (Wildman–Crippen MR) is 130 cm³/mol. The molecule has 7 nitrogen and oxygen atoms in total.